The summed E-state index contributed by atoms with van der Waals surface area (Å²) < 4.78 is 10.9. The number of hydrogen-bond acceptors (Lipinski definition) is 7. The second-order valence-corrected chi connectivity index (χ2v) is 8.94. The van der Waals surface area contributed by atoms with Crippen molar-refractivity contribution in [2.75, 3.05) is 6.26 Å². The van der Waals surface area contributed by atoms with Crippen LogP contribution in [0.25, 0.3) is 0 Å². The van der Waals surface area contributed by atoms with E-state index in [1.54, 1.807) is 0 Å². The fourth-order valence-electron chi connectivity index (χ4n) is 1.18. The molecule has 4 N–H and O–H groups in total. The lowest BCUT2D eigenvalue weighted by molar-refractivity contribution is -0.156. The lowest BCUT2D eigenvalue weighted by Crippen LogP contribution is -2.36. The number of esters is 1. The topological polar surface area (TPSA) is 111 Å². The average molecular weight is 372 g/mol. The molecule has 0 aromatic carbocycles. The number of aromatic nitrogens is 1. The molecule has 0 aliphatic rings. The van der Waals surface area contributed by atoms with Crippen LogP contribution in [-0.2, 0) is 20.3 Å². The van der Waals surface area contributed by atoms with E-state index in [-0.39, 0.29) is 16.9 Å². The first kappa shape index (κ1) is 23.9. The van der Waals surface area contributed by atoms with Crippen molar-refractivity contribution in [1.82, 2.24) is 4.98 Å². The van der Waals surface area contributed by atoms with Crippen molar-refractivity contribution in [3.8, 4) is 0 Å². The molecule has 1 heterocycles. The molecule has 0 fully saturated rings. The fourth-order valence-corrected chi connectivity index (χ4v) is 3.63. The summed E-state index contributed by atoms with van der Waals surface area (Å²) in [5, 5.41) is 1.95. The number of rotatable bonds is 6. The Morgan fingerprint density at radius 1 is 1.27 bits per heavy atom. The quantitative estimate of drug-likeness (QED) is 0.431. The van der Waals surface area contributed by atoms with Gasteiger partial charge < -0.3 is 19.9 Å². The number of hydrogen-bond donors (Lipinski definition) is 0. The summed E-state index contributed by atoms with van der Waals surface area (Å²) in [6.07, 6.45) is 1.87. The first-order chi connectivity index (χ1) is 9.14. The first-order valence-corrected chi connectivity index (χ1v) is 9.01. The van der Waals surface area contributed by atoms with Gasteiger partial charge >= 0.3 is 5.97 Å². The summed E-state index contributed by atoms with van der Waals surface area (Å²) in [6, 6.07) is 0. The Bertz CT molecular complexity index is 457. The summed E-state index contributed by atoms with van der Waals surface area (Å²) in [5.74, 6) is -0.230. The van der Waals surface area contributed by atoms with Gasteiger partial charge in [-0.1, -0.05) is 11.8 Å². The van der Waals surface area contributed by atoms with Crippen molar-refractivity contribution in [3.05, 3.63) is 11.1 Å². The third-order valence-electron chi connectivity index (χ3n) is 2.09. The normalized spacial score (nSPS) is 11.4. The highest BCUT2D eigenvalue weighted by Crippen LogP contribution is 2.36. The van der Waals surface area contributed by atoms with Gasteiger partial charge in [0.2, 0.25) is 0 Å². The molecule has 0 radical (unpaired) electrons. The minimum absolute atomic E-state index is 0. The van der Waals surface area contributed by atoms with Crippen LogP contribution >= 0.6 is 35.1 Å². The molecule has 0 saturated heterocycles. The van der Waals surface area contributed by atoms with Gasteiger partial charge in [-0.2, -0.15) is 0 Å². The second-order valence-electron chi connectivity index (χ2n) is 5.65. The molecule has 9 heteroatoms. The van der Waals surface area contributed by atoms with Crippen molar-refractivity contribution < 1.29 is 24.7 Å². The van der Waals surface area contributed by atoms with Crippen LogP contribution in [0.5, 0.6) is 0 Å². The zero-order valence-corrected chi connectivity index (χ0v) is 16.1. The molecule has 0 saturated carbocycles. The molecule has 0 atom stereocenters. The molecular formula is C13H25NO5S3. The van der Waals surface area contributed by atoms with Crippen LogP contribution in [0.3, 0.4) is 0 Å². The molecule has 1 rings (SSSR count). The van der Waals surface area contributed by atoms with Gasteiger partial charge in [0.1, 0.15) is 17.0 Å². The van der Waals surface area contributed by atoms with E-state index in [0.29, 0.717) is 6.61 Å². The van der Waals surface area contributed by atoms with E-state index in [2.05, 4.69) is 4.98 Å². The van der Waals surface area contributed by atoms with Gasteiger partial charge in [0.05, 0.1) is 5.69 Å². The Hall–Kier alpha value is -0.320. The maximum atomic E-state index is 12.2. The zero-order valence-electron chi connectivity index (χ0n) is 13.7. The summed E-state index contributed by atoms with van der Waals surface area (Å²) in [6.45, 7) is 9.79. The predicted molar refractivity (Wildman–Crippen MR) is 93.4 cm³/mol. The van der Waals surface area contributed by atoms with Crippen molar-refractivity contribution in [3.63, 3.8) is 0 Å². The van der Waals surface area contributed by atoms with E-state index in [1.807, 2.05) is 46.3 Å². The lowest BCUT2D eigenvalue weighted by Gasteiger charge is -2.27. The highest BCUT2D eigenvalue weighted by atomic mass is 32.2. The third kappa shape index (κ3) is 8.35. The highest BCUT2D eigenvalue weighted by Gasteiger charge is 2.34. The van der Waals surface area contributed by atoms with Gasteiger partial charge in [0.25, 0.3) is 0 Å². The van der Waals surface area contributed by atoms with E-state index < -0.39 is 10.3 Å². The fraction of sp³-hybridized carbons (Fsp3) is 0.692. The van der Waals surface area contributed by atoms with Gasteiger partial charge in [0.15, 0.2) is 4.34 Å². The molecule has 1 aromatic heterocycles. The molecular weight excluding hydrogens is 346 g/mol. The number of thiazole rings is 1. The molecule has 6 nitrogen and oxygen atoms in total. The number of carbonyl (C=O) groups excluding carboxylic acids is 1. The SMILES string of the molecule is CSOCc1csc(SC(C)(C)C(=O)OC(C)(C)C)n1.O.O. The van der Waals surface area contributed by atoms with E-state index in [0.717, 1.165) is 10.0 Å². The Morgan fingerprint density at radius 3 is 2.36 bits per heavy atom. The van der Waals surface area contributed by atoms with Crippen LogP contribution < -0.4 is 0 Å². The molecule has 0 bridgehead atoms. The van der Waals surface area contributed by atoms with Crippen LogP contribution in [-0.4, -0.2) is 38.5 Å². The highest BCUT2D eigenvalue weighted by molar-refractivity contribution is 8.03. The zero-order chi connectivity index (χ0) is 15.4. The van der Waals surface area contributed by atoms with E-state index in [9.17, 15) is 4.79 Å². The monoisotopic (exact) mass is 371 g/mol. The molecule has 0 spiro atoms. The van der Waals surface area contributed by atoms with Crippen molar-refractivity contribution in [2.24, 2.45) is 0 Å². The molecule has 0 aliphatic carbocycles. The van der Waals surface area contributed by atoms with Gasteiger partial charge in [-0.15, -0.1) is 11.3 Å². The first-order valence-electron chi connectivity index (χ1n) is 6.16. The number of ether oxygens (including phenoxy) is 1. The molecule has 0 aliphatic heterocycles. The Labute approximate surface area is 144 Å². The van der Waals surface area contributed by atoms with E-state index >= 15 is 0 Å². The predicted octanol–water partition coefficient (Wildman–Crippen LogP) is 2.50. The largest absolute Gasteiger partial charge is 0.459 e. The minimum atomic E-state index is -0.664. The van der Waals surface area contributed by atoms with Gasteiger partial charge in [0, 0.05) is 11.6 Å². The van der Waals surface area contributed by atoms with Gasteiger partial charge in [-0.25, -0.2) is 4.98 Å². The molecule has 130 valence electrons. The van der Waals surface area contributed by atoms with Crippen LogP contribution in [0.1, 0.15) is 40.3 Å². The van der Waals surface area contributed by atoms with Crippen LogP contribution in [0.4, 0.5) is 0 Å². The number of nitrogens with zero attached hydrogens (tertiary/aromatic N) is 1. The molecule has 0 unspecified atom stereocenters. The van der Waals surface area contributed by atoms with Crippen molar-refractivity contribution >= 4 is 41.1 Å². The maximum absolute atomic E-state index is 12.2. The van der Waals surface area contributed by atoms with Gasteiger partial charge in [-0.05, 0) is 46.7 Å². The Kier molecular flexibility index (Phi) is 10.6. The summed E-state index contributed by atoms with van der Waals surface area (Å²) in [4.78, 5) is 16.6. The summed E-state index contributed by atoms with van der Waals surface area (Å²) in [7, 11) is 0. The second kappa shape index (κ2) is 9.74. The minimum Gasteiger partial charge on any atom is -0.459 e. The van der Waals surface area contributed by atoms with Crippen molar-refractivity contribution in [1.29, 1.82) is 0 Å². The maximum Gasteiger partial charge on any atom is 0.322 e. The van der Waals surface area contributed by atoms with E-state index in [1.165, 1.54) is 35.1 Å². The third-order valence-corrected chi connectivity index (χ3v) is 4.61. The van der Waals surface area contributed by atoms with Crippen molar-refractivity contribution in [2.45, 2.75) is 55.9 Å². The van der Waals surface area contributed by atoms with E-state index in [4.69, 9.17) is 8.92 Å². The summed E-state index contributed by atoms with van der Waals surface area (Å²) in [5.41, 5.74) is 0.404. The van der Waals surface area contributed by atoms with Crippen LogP contribution in [0.2, 0.25) is 0 Å². The molecule has 22 heavy (non-hydrogen) atoms. The lowest BCUT2D eigenvalue weighted by atomic mass is 10.1. The average Bonchev–Trinajstić information content (AvgIpc) is 2.71. The Morgan fingerprint density at radius 2 is 1.86 bits per heavy atom. The molecule has 1 aromatic rings. The standard InChI is InChI=1S/C13H21NO3S3.2H2O/c1-12(2,3)17-10(15)13(4,5)20-11-14-9(8-19-11)7-16-18-6;;/h8H,7H2,1-6H3;2*1H2. The summed E-state index contributed by atoms with van der Waals surface area (Å²) >= 11 is 4.25. The number of thioether (sulfide) groups is 1. The smallest absolute Gasteiger partial charge is 0.322 e. The van der Waals surface area contributed by atoms with Crippen LogP contribution in [0, 0.1) is 0 Å². The van der Waals surface area contributed by atoms with Crippen LogP contribution in [0.15, 0.2) is 9.72 Å². The Balaban J connectivity index is 0. The van der Waals surface area contributed by atoms with Gasteiger partial charge in [-0.3, -0.25) is 4.79 Å². The number of carbonyl (C=O) groups is 1. The molecule has 0 amide bonds.